The van der Waals surface area contributed by atoms with Crippen molar-refractivity contribution in [1.29, 1.82) is 0 Å². The molecule has 1 atom stereocenters. The maximum atomic E-state index is 12.0. The Hall–Kier alpha value is -2.46. The number of morpholine rings is 1. The molecule has 9 nitrogen and oxygen atoms in total. The molecule has 2 aromatic rings. The van der Waals surface area contributed by atoms with Crippen LogP contribution in [0.15, 0.2) is 35.5 Å². The molecule has 0 saturated carbocycles. The monoisotopic (exact) mass is 380 g/mol. The van der Waals surface area contributed by atoms with Crippen LogP contribution in [0.3, 0.4) is 0 Å². The van der Waals surface area contributed by atoms with Gasteiger partial charge in [-0.05, 0) is 19.1 Å². The van der Waals surface area contributed by atoms with E-state index in [0.717, 1.165) is 11.8 Å². The van der Waals surface area contributed by atoms with Gasteiger partial charge >= 0.3 is 5.69 Å². The molecule has 0 bridgehead atoms. The first-order valence-electron chi connectivity index (χ1n) is 7.97. The first-order valence-corrected chi connectivity index (χ1v) is 9.86. The van der Waals surface area contributed by atoms with Crippen LogP contribution in [0.25, 0.3) is 0 Å². The topological polar surface area (TPSA) is 108 Å². The Bertz CT molecular complexity index is 955. The van der Waals surface area contributed by atoms with Crippen molar-refractivity contribution >= 4 is 21.2 Å². The second-order valence-corrected chi connectivity index (χ2v) is 8.54. The highest BCUT2D eigenvalue weighted by molar-refractivity contribution is 7.90. The molecule has 26 heavy (non-hydrogen) atoms. The van der Waals surface area contributed by atoms with Crippen molar-refractivity contribution in [2.24, 2.45) is 7.05 Å². The Morgan fingerprint density at radius 3 is 2.69 bits per heavy atom. The Morgan fingerprint density at radius 2 is 2.12 bits per heavy atom. The van der Waals surface area contributed by atoms with Crippen molar-refractivity contribution in [3.8, 4) is 0 Å². The van der Waals surface area contributed by atoms with Crippen LogP contribution >= 0.6 is 0 Å². The fraction of sp³-hybridized carbons (Fsp3) is 0.438. The van der Waals surface area contributed by atoms with Crippen molar-refractivity contribution < 1.29 is 18.1 Å². The van der Waals surface area contributed by atoms with Crippen LogP contribution in [0.5, 0.6) is 0 Å². The van der Waals surface area contributed by atoms with Crippen LogP contribution in [-0.2, 0) is 27.2 Å². The molecule has 0 spiro atoms. The summed E-state index contributed by atoms with van der Waals surface area (Å²) in [4.78, 5) is 12.5. The molecule has 1 aromatic heterocycles. The zero-order chi connectivity index (χ0) is 19.1. The quantitative estimate of drug-likeness (QED) is 0.584. The van der Waals surface area contributed by atoms with Crippen LogP contribution in [0.2, 0.25) is 0 Å². The molecule has 0 aliphatic carbocycles. The summed E-state index contributed by atoms with van der Waals surface area (Å²) in [6, 6.07) is 4.36. The van der Waals surface area contributed by atoms with Gasteiger partial charge in [-0.1, -0.05) is 6.07 Å². The number of nitrogens with zero attached hydrogens (tertiary/aromatic N) is 4. The lowest BCUT2D eigenvalue weighted by Gasteiger charge is -2.41. The summed E-state index contributed by atoms with van der Waals surface area (Å²) in [6.45, 7) is 3.00. The second-order valence-electron chi connectivity index (χ2n) is 6.56. The van der Waals surface area contributed by atoms with Crippen molar-refractivity contribution in [3.63, 3.8) is 0 Å². The number of nitro groups is 1. The minimum Gasteiger partial charge on any atom is -0.367 e. The maximum absolute atomic E-state index is 12.0. The maximum Gasteiger partial charge on any atom is 0.311 e. The van der Waals surface area contributed by atoms with E-state index in [1.165, 1.54) is 12.1 Å². The van der Waals surface area contributed by atoms with Crippen LogP contribution in [0.1, 0.15) is 12.5 Å². The molecule has 3 rings (SSSR count). The second kappa shape index (κ2) is 6.36. The third kappa shape index (κ3) is 3.29. The zero-order valence-corrected chi connectivity index (χ0v) is 15.6. The number of ether oxygens (including phenoxy) is 1. The molecular formula is C16H20N4O5S. The van der Waals surface area contributed by atoms with Crippen LogP contribution in [0, 0.1) is 10.1 Å². The Morgan fingerprint density at radius 1 is 1.38 bits per heavy atom. The van der Waals surface area contributed by atoms with Gasteiger partial charge in [-0.2, -0.15) is 5.10 Å². The largest absolute Gasteiger partial charge is 0.367 e. The normalized spacial score (nSPS) is 21.0. The van der Waals surface area contributed by atoms with E-state index in [0.29, 0.717) is 19.7 Å². The number of hydrogen-bond acceptors (Lipinski definition) is 7. The molecule has 0 amide bonds. The predicted molar refractivity (Wildman–Crippen MR) is 94.9 cm³/mol. The summed E-state index contributed by atoms with van der Waals surface area (Å²) in [5, 5.41) is 15.8. The molecule has 0 N–H and O–H groups in total. The standard InChI is InChI=1S/C16H20N4O5S/c1-16(12-9-17-18(2)10-12)11-19(7-8-25-16)13-5-4-6-14(26(3,23)24)15(13)20(21)22/h4-6,9-10H,7-8,11H2,1-3H3. The molecule has 1 fully saturated rings. The molecule has 1 aliphatic heterocycles. The number of aromatic nitrogens is 2. The summed E-state index contributed by atoms with van der Waals surface area (Å²) in [5.41, 5.74) is 0.0231. The zero-order valence-electron chi connectivity index (χ0n) is 14.7. The molecule has 1 saturated heterocycles. The fourth-order valence-electron chi connectivity index (χ4n) is 3.19. The van der Waals surface area contributed by atoms with Gasteiger partial charge in [-0.25, -0.2) is 8.42 Å². The number of rotatable bonds is 4. The van der Waals surface area contributed by atoms with Gasteiger partial charge in [0.1, 0.15) is 16.2 Å². The summed E-state index contributed by atoms with van der Waals surface area (Å²) >= 11 is 0. The van der Waals surface area contributed by atoms with Crippen molar-refractivity contribution in [2.75, 3.05) is 30.9 Å². The molecule has 1 aliphatic rings. The van der Waals surface area contributed by atoms with Gasteiger partial charge in [0, 0.05) is 31.6 Å². The third-order valence-corrected chi connectivity index (χ3v) is 5.62. The number of benzene rings is 1. The molecule has 2 heterocycles. The molecular weight excluding hydrogens is 360 g/mol. The van der Waals surface area contributed by atoms with Gasteiger partial charge in [-0.15, -0.1) is 0 Å². The molecule has 1 aromatic carbocycles. The van der Waals surface area contributed by atoms with E-state index in [-0.39, 0.29) is 10.6 Å². The smallest absolute Gasteiger partial charge is 0.311 e. The van der Waals surface area contributed by atoms with E-state index in [2.05, 4.69) is 5.10 Å². The van der Waals surface area contributed by atoms with Crippen LogP contribution in [-0.4, -0.2) is 49.1 Å². The van der Waals surface area contributed by atoms with Crippen LogP contribution < -0.4 is 4.90 Å². The lowest BCUT2D eigenvalue weighted by Crippen LogP contribution is -2.48. The minimum atomic E-state index is -3.73. The van der Waals surface area contributed by atoms with Crippen molar-refractivity contribution in [2.45, 2.75) is 17.4 Å². The lowest BCUT2D eigenvalue weighted by atomic mass is 9.96. The first kappa shape index (κ1) is 18.3. The van der Waals surface area contributed by atoms with Gasteiger partial charge in [0.2, 0.25) is 0 Å². The highest BCUT2D eigenvalue weighted by Gasteiger charge is 2.38. The molecule has 1 unspecified atom stereocenters. The van der Waals surface area contributed by atoms with E-state index in [4.69, 9.17) is 4.74 Å². The Balaban J connectivity index is 2.05. The number of nitro benzene ring substituents is 1. The molecule has 0 radical (unpaired) electrons. The number of para-hydroxylation sites is 1. The lowest BCUT2D eigenvalue weighted by molar-refractivity contribution is -0.387. The number of aryl methyl sites for hydroxylation is 1. The average Bonchev–Trinajstić information content (AvgIpc) is 3.01. The van der Waals surface area contributed by atoms with Crippen molar-refractivity contribution in [1.82, 2.24) is 9.78 Å². The summed E-state index contributed by atoms with van der Waals surface area (Å²) in [6.07, 6.45) is 4.51. The van der Waals surface area contributed by atoms with Gasteiger partial charge in [0.15, 0.2) is 9.84 Å². The number of anilines is 1. The van der Waals surface area contributed by atoms with E-state index < -0.39 is 26.0 Å². The van der Waals surface area contributed by atoms with E-state index in [9.17, 15) is 18.5 Å². The summed E-state index contributed by atoms with van der Waals surface area (Å²) < 4.78 is 31.6. The highest BCUT2D eigenvalue weighted by atomic mass is 32.2. The van der Waals surface area contributed by atoms with Crippen molar-refractivity contribution in [3.05, 3.63) is 46.3 Å². The highest BCUT2D eigenvalue weighted by Crippen LogP contribution is 2.38. The predicted octanol–water partition coefficient (Wildman–Crippen LogP) is 1.48. The average molecular weight is 380 g/mol. The minimum absolute atomic E-state index is 0.274. The van der Waals surface area contributed by atoms with E-state index in [1.807, 2.05) is 13.1 Å². The van der Waals surface area contributed by atoms with Gasteiger partial charge < -0.3 is 9.64 Å². The fourth-order valence-corrected chi connectivity index (χ4v) is 4.05. The Labute approximate surface area is 151 Å². The number of sulfone groups is 1. The van der Waals surface area contributed by atoms with E-state index >= 15 is 0 Å². The van der Waals surface area contributed by atoms with Gasteiger partial charge in [-0.3, -0.25) is 14.8 Å². The van der Waals surface area contributed by atoms with Gasteiger partial charge in [0.05, 0.1) is 24.3 Å². The molecule has 140 valence electrons. The first-order chi connectivity index (χ1) is 12.1. The van der Waals surface area contributed by atoms with E-state index in [1.54, 1.807) is 28.9 Å². The molecule has 10 heteroatoms. The van der Waals surface area contributed by atoms with Gasteiger partial charge in [0.25, 0.3) is 0 Å². The third-order valence-electron chi connectivity index (χ3n) is 4.49. The van der Waals surface area contributed by atoms with Crippen LogP contribution in [0.4, 0.5) is 11.4 Å². The SMILES string of the molecule is Cn1cc(C2(C)CN(c3cccc(S(C)(=O)=O)c3[N+](=O)[O-])CCO2)cn1. The summed E-state index contributed by atoms with van der Waals surface area (Å²) in [7, 11) is -1.93. The Kier molecular flexibility index (Phi) is 4.49. The summed E-state index contributed by atoms with van der Waals surface area (Å²) in [5.74, 6) is 0. The number of hydrogen-bond donors (Lipinski definition) is 0.